The third-order valence-corrected chi connectivity index (χ3v) is 16.6. The molecule has 5 heterocycles. The summed E-state index contributed by atoms with van der Waals surface area (Å²) in [4.78, 5) is 0. The lowest BCUT2D eigenvalue weighted by Crippen LogP contribution is -2.37. The predicted molar refractivity (Wildman–Crippen MR) is 282 cm³/mol. The topological polar surface area (TPSA) is 43.2 Å². The van der Waals surface area contributed by atoms with Gasteiger partial charge in [-0.05, 0) is 118 Å². The normalized spacial score (nSPS) is 15.4. The second-order valence-corrected chi connectivity index (χ2v) is 22.5. The van der Waals surface area contributed by atoms with Gasteiger partial charge in [0.25, 0.3) is 0 Å². The van der Waals surface area contributed by atoms with Crippen molar-refractivity contribution >= 4 is 127 Å². The average Bonchev–Trinajstić information content (AvgIpc) is 4.06. The third kappa shape index (κ3) is 5.28. The summed E-state index contributed by atoms with van der Waals surface area (Å²) in [6.45, 7) is 16.6. The molecule has 8 aromatic carbocycles. The largest absolute Gasteiger partial charge is 0.456 e. The van der Waals surface area contributed by atoms with Gasteiger partial charge in [0.2, 0.25) is 0 Å². The van der Waals surface area contributed by atoms with Gasteiger partial charge in [0.1, 0.15) is 22.3 Å². The van der Waals surface area contributed by atoms with E-state index in [1.165, 1.54) is 69.7 Å². The van der Waals surface area contributed by atoms with E-state index < -0.39 is 0 Å². The smallest absolute Gasteiger partial charge is 0.198 e. The number of nitrogens with zero attached hydrogens (tertiary/aromatic N) is 1. The molecule has 0 saturated carbocycles. The molecule has 14 rings (SSSR count). The number of fused-ring (bicyclic) bond motifs is 16. The molecule has 1 N–H and O–H groups in total. The number of hydrogen-bond donors (Lipinski definition) is 1. The summed E-state index contributed by atoms with van der Waals surface area (Å²) in [5.74, 6) is 0. The molecule has 0 atom stereocenters. The Hall–Kier alpha value is -6.76. The molecule has 1 aliphatic carbocycles. The van der Waals surface area contributed by atoms with Crippen LogP contribution in [0.25, 0.3) is 103 Å². The van der Waals surface area contributed by atoms with Crippen LogP contribution in [0.1, 0.15) is 78.0 Å². The van der Waals surface area contributed by atoms with Gasteiger partial charge < -0.3 is 18.7 Å². The lowest BCUT2D eigenvalue weighted by Gasteiger charge is -2.42. The van der Waals surface area contributed by atoms with Gasteiger partial charge in [-0.25, -0.2) is 0 Å². The van der Waals surface area contributed by atoms with E-state index in [0.29, 0.717) is 0 Å². The second-order valence-electron chi connectivity index (χ2n) is 21.4. The fraction of sp³-hybridized carbons (Fsp3) is 0.200. The highest BCUT2D eigenvalue weighted by Crippen LogP contribution is 2.52. The minimum atomic E-state index is 0.0279. The van der Waals surface area contributed by atoms with Gasteiger partial charge in [-0.15, -0.1) is 11.3 Å². The quantitative estimate of drug-likeness (QED) is 0.180. The van der Waals surface area contributed by atoms with Crippen molar-refractivity contribution in [3.8, 4) is 16.8 Å². The van der Waals surface area contributed by atoms with E-state index >= 15 is 0 Å². The van der Waals surface area contributed by atoms with E-state index in [0.717, 1.165) is 84.8 Å². The Bertz CT molecular complexity index is 4090. The Kier molecular flexibility index (Phi) is 7.58. The lowest BCUT2D eigenvalue weighted by molar-refractivity contribution is 0.332. The maximum atomic E-state index is 7.32. The van der Waals surface area contributed by atoms with E-state index in [2.05, 4.69) is 199 Å². The SMILES string of the molecule is CC(C)(C)c1ccc(Nc2cc3sc4ccccc4c3cc2-c2c3c4c(c5cc6c(cc5n4-c4cc5c(cc4[B]3)oc3ccccc35)C(C)(C)CCC6(C)C)c3c2oc2ccccc23)cc1. The molecule has 1 aliphatic heterocycles. The second kappa shape index (κ2) is 13.0. The maximum absolute atomic E-state index is 7.32. The predicted octanol–water partition coefficient (Wildman–Crippen LogP) is 16.0. The lowest BCUT2D eigenvalue weighted by atomic mass is 9.58. The van der Waals surface area contributed by atoms with Gasteiger partial charge >= 0.3 is 0 Å². The van der Waals surface area contributed by atoms with Gasteiger partial charge in [-0.2, -0.15) is 0 Å². The molecule has 0 amide bonds. The standard InChI is InChI=1S/C60H48BN2O2S/c1-58(2,3)32-20-22-33(23-21-32)62-44-31-51-38(35-15-10-13-19-50(35)66-51)26-39(44)54-55-56-52(53-36-16-9-12-18-48(36)65-57(53)54)40-27-41-42(60(6,7)25-24-59(41,4)5)29-45(40)63(56)46-28-37-34-14-8-11-17-47(34)64-49(37)30-43(46)61-55/h8-23,26-31,62H,24-25H2,1-7H3. The molecule has 12 aromatic rings. The Morgan fingerprint density at radius 1 is 0.606 bits per heavy atom. The van der Waals surface area contributed by atoms with Crippen LogP contribution in [0.3, 0.4) is 0 Å². The Morgan fingerprint density at radius 3 is 2.05 bits per heavy atom. The molecule has 0 unspecified atom stereocenters. The number of hydrogen-bond acceptors (Lipinski definition) is 4. The van der Waals surface area contributed by atoms with Gasteiger partial charge in [0, 0.05) is 86.2 Å². The van der Waals surface area contributed by atoms with Crippen LogP contribution in [-0.2, 0) is 16.2 Å². The number of aromatic nitrogens is 1. The number of rotatable bonds is 3. The zero-order chi connectivity index (χ0) is 44.6. The molecule has 0 fully saturated rings. The molecule has 4 nitrogen and oxygen atoms in total. The number of furan rings is 2. The van der Waals surface area contributed by atoms with Crippen LogP contribution in [-0.4, -0.2) is 11.8 Å². The van der Waals surface area contributed by atoms with E-state index in [1.54, 1.807) is 0 Å². The molecular formula is C60H48BN2O2S. The highest BCUT2D eigenvalue weighted by atomic mass is 32.1. The summed E-state index contributed by atoms with van der Waals surface area (Å²) in [6.07, 6.45) is 2.29. The first-order valence-corrected chi connectivity index (χ1v) is 24.3. The van der Waals surface area contributed by atoms with Crippen molar-refractivity contribution in [1.82, 2.24) is 4.57 Å². The summed E-state index contributed by atoms with van der Waals surface area (Å²) < 4.78 is 19.1. The summed E-state index contributed by atoms with van der Waals surface area (Å²) in [6, 6.07) is 49.5. The number of thiophene rings is 1. The Balaban J connectivity index is 1.17. The molecule has 2 aliphatic rings. The fourth-order valence-corrected chi connectivity index (χ4v) is 12.9. The fourth-order valence-electron chi connectivity index (χ4n) is 11.8. The number of nitrogens with one attached hydrogen (secondary N) is 1. The minimum Gasteiger partial charge on any atom is -0.456 e. The van der Waals surface area contributed by atoms with Gasteiger partial charge in [-0.3, -0.25) is 0 Å². The van der Waals surface area contributed by atoms with Crippen LogP contribution in [0.2, 0.25) is 0 Å². The summed E-state index contributed by atoms with van der Waals surface area (Å²) in [5, 5.41) is 13.6. The first-order valence-electron chi connectivity index (χ1n) is 23.4. The van der Waals surface area contributed by atoms with Crippen LogP contribution in [0.5, 0.6) is 0 Å². The molecule has 0 saturated heterocycles. The minimum absolute atomic E-state index is 0.0279. The monoisotopic (exact) mass is 871 g/mol. The molecule has 4 aromatic heterocycles. The summed E-state index contributed by atoms with van der Waals surface area (Å²) in [5.41, 5.74) is 18.1. The van der Waals surface area contributed by atoms with Gasteiger partial charge in [0.15, 0.2) is 7.28 Å². The highest BCUT2D eigenvalue weighted by molar-refractivity contribution is 7.25. The van der Waals surface area contributed by atoms with Crippen LogP contribution >= 0.6 is 11.3 Å². The molecule has 0 spiro atoms. The number of para-hydroxylation sites is 2. The highest BCUT2D eigenvalue weighted by Gasteiger charge is 2.40. The van der Waals surface area contributed by atoms with Crippen molar-refractivity contribution in [3.05, 3.63) is 150 Å². The maximum Gasteiger partial charge on any atom is 0.198 e. The molecule has 66 heavy (non-hydrogen) atoms. The average molecular weight is 872 g/mol. The first kappa shape index (κ1) is 38.5. The van der Waals surface area contributed by atoms with Crippen LogP contribution in [0, 0.1) is 0 Å². The van der Waals surface area contributed by atoms with Crippen molar-refractivity contribution in [1.29, 1.82) is 0 Å². The summed E-state index contributed by atoms with van der Waals surface area (Å²) >= 11 is 1.85. The molecule has 0 bridgehead atoms. The van der Waals surface area contributed by atoms with Crippen LogP contribution in [0.15, 0.2) is 142 Å². The molecule has 6 heteroatoms. The number of anilines is 2. The van der Waals surface area contributed by atoms with Crippen molar-refractivity contribution in [2.45, 2.75) is 77.6 Å². The Labute approximate surface area is 388 Å². The first-order chi connectivity index (χ1) is 31.8. The number of benzene rings is 8. The molecule has 1 radical (unpaired) electrons. The molecule has 319 valence electrons. The summed E-state index contributed by atoms with van der Waals surface area (Å²) in [7, 11) is 2.43. The Morgan fingerprint density at radius 2 is 1.29 bits per heavy atom. The van der Waals surface area contributed by atoms with Crippen molar-refractivity contribution in [2.75, 3.05) is 5.32 Å². The van der Waals surface area contributed by atoms with Gasteiger partial charge in [0.05, 0.1) is 5.52 Å². The van der Waals surface area contributed by atoms with E-state index in [-0.39, 0.29) is 16.2 Å². The molecular weight excluding hydrogens is 824 g/mol. The van der Waals surface area contributed by atoms with E-state index in [1.807, 2.05) is 11.3 Å². The van der Waals surface area contributed by atoms with Crippen LogP contribution in [0.4, 0.5) is 11.4 Å². The van der Waals surface area contributed by atoms with Gasteiger partial charge in [-0.1, -0.05) is 121 Å². The van der Waals surface area contributed by atoms with Crippen molar-refractivity contribution < 1.29 is 8.83 Å². The van der Waals surface area contributed by atoms with Crippen molar-refractivity contribution in [2.24, 2.45) is 0 Å². The van der Waals surface area contributed by atoms with Crippen molar-refractivity contribution in [3.63, 3.8) is 0 Å². The van der Waals surface area contributed by atoms with Crippen LogP contribution < -0.4 is 16.2 Å². The van der Waals surface area contributed by atoms with E-state index in [4.69, 9.17) is 8.83 Å². The third-order valence-electron chi connectivity index (χ3n) is 15.4. The van der Waals surface area contributed by atoms with E-state index in [9.17, 15) is 0 Å². The zero-order valence-corrected chi connectivity index (χ0v) is 39.2. The zero-order valence-electron chi connectivity index (χ0n) is 38.4.